The number of aromatic amines is 2. The highest BCUT2D eigenvalue weighted by atomic mass is 16.5. The largest absolute Gasteiger partial charge is 0.464 e. The van der Waals surface area contributed by atoms with E-state index in [1.807, 2.05) is 6.92 Å². The van der Waals surface area contributed by atoms with Gasteiger partial charge in [0.15, 0.2) is 0 Å². The van der Waals surface area contributed by atoms with Crippen LogP contribution in [0, 0.1) is 6.92 Å². The van der Waals surface area contributed by atoms with Crippen LogP contribution < -0.4 is 4.90 Å². The van der Waals surface area contributed by atoms with Crippen molar-refractivity contribution in [2.24, 2.45) is 0 Å². The first-order chi connectivity index (χ1) is 17.6. The van der Waals surface area contributed by atoms with E-state index < -0.39 is 6.04 Å². The summed E-state index contributed by atoms with van der Waals surface area (Å²) in [7, 11) is 0. The molecule has 36 heavy (non-hydrogen) atoms. The lowest BCUT2D eigenvalue weighted by molar-refractivity contribution is -0.145. The Morgan fingerprint density at radius 2 is 1.47 bits per heavy atom. The third-order valence-corrected chi connectivity index (χ3v) is 7.62. The minimum Gasteiger partial charge on any atom is -0.464 e. The summed E-state index contributed by atoms with van der Waals surface area (Å²) in [6.45, 7) is 4.34. The number of para-hydroxylation sites is 2. The van der Waals surface area contributed by atoms with Crippen molar-refractivity contribution < 1.29 is 9.53 Å². The van der Waals surface area contributed by atoms with Crippen molar-refractivity contribution in [2.75, 3.05) is 11.5 Å². The Balaban J connectivity index is 1.52. The van der Waals surface area contributed by atoms with Crippen molar-refractivity contribution in [3.05, 3.63) is 102 Å². The number of aryl methyl sites for hydroxylation is 1. The van der Waals surface area contributed by atoms with Crippen LogP contribution in [0.3, 0.4) is 0 Å². The van der Waals surface area contributed by atoms with Gasteiger partial charge in [-0.25, -0.2) is 4.79 Å². The van der Waals surface area contributed by atoms with Gasteiger partial charge in [0.2, 0.25) is 0 Å². The monoisotopic (exact) mass is 477 g/mol. The van der Waals surface area contributed by atoms with E-state index in [-0.39, 0.29) is 17.9 Å². The molecule has 1 aliphatic heterocycles. The van der Waals surface area contributed by atoms with Gasteiger partial charge in [0, 0.05) is 39.9 Å². The van der Waals surface area contributed by atoms with Crippen LogP contribution in [-0.4, -0.2) is 28.6 Å². The maximum Gasteiger partial charge on any atom is 0.328 e. The number of nitrogens with one attached hydrogen (secondary N) is 2. The maximum atomic E-state index is 13.5. The molecule has 1 saturated heterocycles. The van der Waals surface area contributed by atoms with Gasteiger partial charge in [-0.3, -0.25) is 0 Å². The van der Waals surface area contributed by atoms with Crippen molar-refractivity contribution in [1.82, 2.24) is 9.97 Å². The number of esters is 1. The molecule has 0 amide bonds. The molecule has 3 heterocycles. The minimum absolute atomic E-state index is 0.00525. The molecule has 0 saturated carbocycles. The zero-order valence-corrected chi connectivity index (χ0v) is 20.7. The van der Waals surface area contributed by atoms with Crippen LogP contribution in [0.25, 0.3) is 21.8 Å². The van der Waals surface area contributed by atoms with Crippen LogP contribution in [0.4, 0.5) is 5.69 Å². The summed E-state index contributed by atoms with van der Waals surface area (Å²) in [6.07, 6.45) is 5.85. The molecule has 0 unspecified atom stereocenters. The molecule has 1 fully saturated rings. The third-order valence-electron chi connectivity index (χ3n) is 7.62. The summed E-state index contributed by atoms with van der Waals surface area (Å²) >= 11 is 0. The summed E-state index contributed by atoms with van der Waals surface area (Å²) in [5.74, 6) is 0.0448. The highest BCUT2D eigenvalue weighted by Crippen LogP contribution is 2.47. The number of piperidine rings is 1. The number of ether oxygens (including phenoxy) is 1. The van der Waals surface area contributed by atoms with Gasteiger partial charge in [0.25, 0.3) is 0 Å². The van der Waals surface area contributed by atoms with Gasteiger partial charge < -0.3 is 19.6 Å². The number of benzene rings is 3. The fraction of sp³-hybridized carbons (Fsp3) is 0.258. The zero-order valence-electron chi connectivity index (χ0n) is 20.7. The van der Waals surface area contributed by atoms with E-state index >= 15 is 0 Å². The number of H-pyrrole nitrogens is 2. The molecule has 3 aromatic carbocycles. The van der Waals surface area contributed by atoms with Gasteiger partial charge in [-0.2, -0.15) is 0 Å². The Bertz CT molecular complexity index is 1510. The van der Waals surface area contributed by atoms with E-state index in [0.29, 0.717) is 13.0 Å². The number of carbonyl (C=O) groups is 1. The van der Waals surface area contributed by atoms with Crippen LogP contribution in [0.5, 0.6) is 0 Å². The highest BCUT2D eigenvalue weighted by Gasteiger charge is 2.42. The van der Waals surface area contributed by atoms with Gasteiger partial charge >= 0.3 is 5.97 Å². The van der Waals surface area contributed by atoms with Gasteiger partial charge in [-0.1, -0.05) is 54.1 Å². The molecular formula is C31H31N3O2. The average molecular weight is 478 g/mol. The predicted octanol–water partition coefficient (Wildman–Crippen LogP) is 7.01. The van der Waals surface area contributed by atoms with Gasteiger partial charge in [-0.05, 0) is 68.0 Å². The average Bonchev–Trinajstić information content (AvgIpc) is 3.53. The summed E-state index contributed by atoms with van der Waals surface area (Å²) in [5, 5.41) is 2.42. The van der Waals surface area contributed by atoms with Crippen molar-refractivity contribution in [1.29, 1.82) is 0 Å². The van der Waals surface area contributed by atoms with Crippen molar-refractivity contribution in [3.63, 3.8) is 0 Å². The number of fused-ring (bicyclic) bond motifs is 2. The molecule has 5 heteroatoms. The Kier molecular flexibility index (Phi) is 5.76. The number of rotatable bonds is 5. The first-order valence-electron chi connectivity index (χ1n) is 12.8. The molecule has 0 spiro atoms. The van der Waals surface area contributed by atoms with Gasteiger partial charge in [0.05, 0.1) is 12.6 Å². The number of aromatic nitrogens is 2. The molecule has 0 radical (unpaired) electrons. The summed E-state index contributed by atoms with van der Waals surface area (Å²) in [6, 6.07) is 25.0. The van der Waals surface area contributed by atoms with Crippen LogP contribution in [0.1, 0.15) is 48.4 Å². The second-order valence-electron chi connectivity index (χ2n) is 9.77. The Morgan fingerprint density at radius 3 is 2.14 bits per heavy atom. The smallest absolute Gasteiger partial charge is 0.328 e. The fourth-order valence-corrected chi connectivity index (χ4v) is 5.94. The fourth-order valence-electron chi connectivity index (χ4n) is 5.94. The highest BCUT2D eigenvalue weighted by molar-refractivity contribution is 5.87. The molecule has 2 N–H and O–H groups in total. The maximum absolute atomic E-state index is 13.5. The van der Waals surface area contributed by atoms with E-state index in [9.17, 15) is 4.79 Å². The zero-order chi connectivity index (χ0) is 24.6. The summed E-state index contributed by atoms with van der Waals surface area (Å²) < 4.78 is 5.67. The van der Waals surface area contributed by atoms with E-state index in [1.165, 1.54) is 27.5 Å². The van der Waals surface area contributed by atoms with Crippen molar-refractivity contribution in [2.45, 2.75) is 44.7 Å². The molecular weight excluding hydrogens is 446 g/mol. The van der Waals surface area contributed by atoms with Gasteiger partial charge in [-0.15, -0.1) is 0 Å². The summed E-state index contributed by atoms with van der Waals surface area (Å²) in [4.78, 5) is 22.7. The molecule has 1 aliphatic rings. The third kappa shape index (κ3) is 3.85. The SMILES string of the molecule is CCOC(=O)[C@H]1C[C@H](c2c[nH]c3ccccc23)C[C@H](c2c[nH]c3ccccc23)N1c1ccc(C)cc1. The lowest BCUT2D eigenvalue weighted by Crippen LogP contribution is -2.49. The van der Waals surface area contributed by atoms with E-state index in [0.717, 1.165) is 23.1 Å². The first-order valence-corrected chi connectivity index (χ1v) is 12.8. The number of anilines is 1. The minimum atomic E-state index is -0.390. The number of hydrogen-bond acceptors (Lipinski definition) is 3. The van der Waals surface area contributed by atoms with E-state index in [1.54, 1.807) is 0 Å². The molecule has 0 aliphatic carbocycles. The lowest BCUT2D eigenvalue weighted by Gasteiger charge is -2.45. The Morgan fingerprint density at radius 1 is 0.861 bits per heavy atom. The molecule has 182 valence electrons. The van der Waals surface area contributed by atoms with Crippen molar-refractivity contribution in [3.8, 4) is 0 Å². The normalized spacial score (nSPS) is 20.2. The summed E-state index contributed by atoms with van der Waals surface area (Å²) in [5.41, 5.74) is 6.97. The Labute approximate surface area is 211 Å². The molecule has 3 atom stereocenters. The van der Waals surface area contributed by atoms with Crippen LogP contribution in [0.2, 0.25) is 0 Å². The van der Waals surface area contributed by atoms with E-state index in [4.69, 9.17) is 4.74 Å². The molecule has 5 aromatic rings. The van der Waals surface area contributed by atoms with Crippen LogP contribution in [0.15, 0.2) is 85.2 Å². The molecule has 5 nitrogen and oxygen atoms in total. The standard InChI is InChI=1S/C31H31N3O2/c1-3-36-31(35)30-17-21(25-18-32-27-10-6-4-8-23(25)27)16-29(34(30)22-14-12-20(2)13-15-22)26-19-33-28-11-7-5-9-24(26)28/h4-15,18-19,21,29-30,32-33H,3,16-17H2,1-2H3/t21-,29-,30-/m1/s1. The second kappa shape index (κ2) is 9.23. The number of hydrogen-bond donors (Lipinski definition) is 2. The number of carbonyl (C=O) groups excluding carboxylic acids is 1. The molecule has 0 bridgehead atoms. The Hall–Kier alpha value is -3.99. The van der Waals surface area contributed by atoms with E-state index in [2.05, 4.69) is 107 Å². The quantitative estimate of drug-likeness (QED) is 0.268. The van der Waals surface area contributed by atoms with Crippen LogP contribution in [-0.2, 0) is 9.53 Å². The van der Waals surface area contributed by atoms with Crippen LogP contribution >= 0.6 is 0 Å². The molecule has 2 aromatic heterocycles. The first kappa shape index (κ1) is 22.5. The molecule has 6 rings (SSSR count). The topological polar surface area (TPSA) is 61.1 Å². The van der Waals surface area contributed by atoms with Gasteiger partial charge in [0.1, 0.15) is 6.04 Å². The van der Waals surface area contributed by atoms with Crippen molar-refractivity contribution >= 4 is 33.5 Å². The second-order valence-corrected chi connectivity index (χ2v) is 9.77. The predicted molar refractivity (Wildman–Crippen MR) is 145 cm³/mol. The lowest BCUT2D eigenvalue weighted by atomic mass is 9.78. The number of nitrogens with zero attached hydrogens (tertiary/aromatic N) is 1.